The fourth-order valence-electron chi connectivity index (χ4n) is 2.69. The van der Waals surface area contributed by atoms with Crippen LogP contribution in [-0.2, 0) is 13.5 Å². The zero-order chi connectivity index (χ0) is 14.1. The maximum Gasteiger partial charge on any atom is 0.0729 e. The van der Waals surface area contributed by atoms with Gasteiger partial charge >= 0.3 is 0 Å². The molecular formula is C17H19N3. The maximum absolute atomic E-state index is 6.49. The van der Waals surface area contributed by atoms with Gasteiger partial charge < -0.3 is 5.73 Å². The number of nitrogens with zero attached hydrogens (tertiary/aromatic N) is 2. The molecule has 0 aliphatic rings. The van der Waals surface area contributed by atoms with E-state index in [-0.39, 0.29) is 6.04 Å². The molecule has 0 spiro atoms. The van der Waals surface area contributed by atoms with Gasteiger partial charge in [0.05, 0.1) is 17.4 Å². The van der Waals surface area contributed by atoms with Crippen LogP contribution in [0.25, 0.3) is 10.8 Å². The van der Waals surface area contributed by atoms with Crippen LogP contribution in [0.15, 0.2) is 48.5 Å². The second kappa shape index (κ2) is 5.10. The summed E-state index contributed by atoms with van der Waals surface area (Å²) in [7, 11) is 1.96. The van der Waals surface area contributed by atoms with Crippen molar-refractivity contribution >= 4 is 10.8 Å². The highest BCUT2D eigenvalue weighted by Crippen LogP contribution is 2.27. The molecule has 2 aromatic carbocycles. The van der Waals surface area contributed by atoms with E-state index in [2.05, 4.69) is 60.6 Å². The first kappa shape index (κ1) is 12.9. The molecule has 0 amide bonds. The molecule has 3 nitrogen and oxygen atoms in total. The summed E-state index contributed by atoms with van der Waals surface area (Å²) >= 11 is 0. The van der Waals surface area contributed by atoms with Crippen molar-refractivity contribution < 1.29 is 0 Å². The maximum atomic E-state index is 6.49. The summed E-state index contributed by atoms with van der Waals surface area (Å²) in [6.07, 6.45) is 0.927. The normalized spacial score (nSPS) is 12.8. The number of aryl methyl sites for hydroxylation is 2. The van der Waals surface area contributed by atoms with E-state index in [4.69, 9.17) is 5.73 Å². The van der Waals surface area contributed by atoms with Gasteiger partial charge in [-0.3, -0.25) is 4.68 Å². The first-order valence-electron chi connectivity index (χ1n) is 6.96. The molecule has 1 atom stereocenters. The third-order valence-corrected chi connectivity index (χ3v) is 3.81. The van der Waals surface area contributed by atoms with Crippen LogP contribution in [0.5, 0.6) is 0 Å². The van der Waals surface area contributed by atoms with E-state index in [1.165, 1.54) is 10.8 Å². The minimum absolute atomic E-state index is 0.154. The zero-order valence-corrected chi connectivity index (χ0v) is 11.9. The van der Waals surface area contributed by atoms with E-state index in [0.717, 1.165) is 23.4 Å². The van der Waals surface area contributed by atoms with Gasteiger partial charge in [0.25, 0.3) is 0 Å². The Morgan fingerprint density at radius 3 is 2.65 bits per heavy atom. The number of hydrogen-bond donors (Lipinski definition) is 1. The first-order valence-corrected chi connectivity index (χ1v) is 6.96. The van der Waals surface area contributed by atoms with Crippen LogP contribution in [0.4, 0.5) is 0 Å². The quantitative estimate of drug-likeness (QED) is 0.790. The molecule has 3 heteroatoms. The van der Waals surface area contributed by atoms with Crippen molar-refractivity contribution in [3.05, 3.63) is 65.5 Å². The number of hydrogen-bond acceptors (Lipinski definition) is 2. The number of fused-ring (bicyclic) bond motifs is 1. The highest BCUT2D eigenvalue weighted by Gasteiger charge is 2.16. The Morgan fingerprint density at radius 2 is 1.90 bits per heavy atom. The molecule has 20 heavy (non-hydrogen) atoms. The SMILES string of the molecule is CCc1cc(C(N)c2cccc3ccccc23)n(C)n1. The van der Waals surface area contributed by atoms with Gasteiger partial charge in [-0.05, 0) is 28.8 Å². The van der Waals surface area contributed by atoms with Crippen molar-refractivity contribution in [1.82, 2.24) is 9.78 Å². The summed E-state index contributed by atoms with van der Waals surface area (Å²) in [5.41, 5.74) is 9.77. The number of nitrogens with two attached hydrogens (primary N) is 1. The van der Waals surface area contributed by atoms with Gasteiger partial charge in [-0.2, -0.15) is 5.10 Å². The molecule has 0 saturated carbocycles. The molecule has 0 aliphatic carbocycles. The molecule has 1 aromatic heterocycles. The first-order chi connectivity index (χ1) is 9.70. The van der Waals surface area contributed by atoms with Crippen LogP contribution in [0, 0.1) is 0 Å². The molecule has 3 aromatic rings. The summed E-state index contributed by atoms with van der Waals surface area (Å²) < 4.78 is 1.89. The topological polar surface area (TPSA) is 43.8 Å². The minimum atomic E-state index is -0.154. The van der Waals surface area contributed by atoms with Crippen LogP contribution in [-0.4, -0.2) is 9.78 Å². The smallest absolute Gasteiger partial charge is 0.0729 e. The Morgan fingerprint density at radius 1 is 1.15 bits per heavy atom. The van der Waals surface area contributed by atoms with E-state index in [0.29, 0.717) is 0 Å². The Bertz CT molecular complexity index is 738. The Balaban J connectivity index is 2.12. The van der Waals surface area contributed by atoms with Crippen LogP contribution in [0.2, 0.25) is 0 Å². The van der Waals surface area contributed by atoms with Crippen molar-refractivity contribution in [2.24, 2.45) is 12.8 Å². The molecule has 102 valence electrons. The van der Waals surface area contributed by atoms with E-state index in [1.807, 2.05) is 11.7 Å². The second-order valence-electron chi connectivity index (χ2n) is 5.08. The van der Waals surface area contributed by atoms with E-state index in [9.17, 15) is 0 Å². The highest BCUT2D eigenvalue weighted by atomic mass is 15.3. The van der Waals surface area contributed by atoms with Gasteiger partial charge in [0.1, 0.15) is 0 Å². The number of benzene rings is 2. The van der Waals surface area contributed by atoms with Crippen LogP contribution in [0.1, 0.15) is 29.9 Å². The van der Waals surface area contributed by atoms with Gasteiger partial charge in [-0.25, -0.2) is 0 Å². The van der Waals surface area contributed by atoms with Gasteiger partial charge in [0.15, 0.2) is 0 Å². The fourth-order valence-corrected chi connectivity index (χ4v) is 2.69. The fraction of sp³-hybridized carbons (Fsp3) is 0.235. The van der Waals surface area contributed by atoms with Gasteiger partial charge in [0.2, 0.25) is 0 Å². The lowest BCUT2D eigenvalue weighted by atomic mass is 9.97. The Hall–Kier alpha value is -2.13. The van der Waals surface area contributed by atoms with Crippen LogP contribution in [0.3, 0.4) is 0 Å². The largest absolute Gasteiger partial charge is 0.319 e. The summed E-state index contributed by atoms with van der Waals surface area (Å²) in [6, 6.07) is 16.6. The van der Waals surface area contributed by atoms with Crippen molar-refractivity contribution in [1.29, 1.82) is 0 Å². The lowest BCUT2D eigenvalue weighted by Gasteiger charge is -2.15. The highest BCUT2D eigenvalue weighted by molar-refractivity contribution is 5.86. The average Bonchev–Trinajstić information content (AvgIpc) is 2.87. The second-order valence-corrected chi connectivity index (χ2v) is 5.08. The Kier molecular flexibility index (Phi) is 3.28. The van der Waals surface area contributed by atoms with Gasteiger partial charge in [-0.1, -0.05) is 49.4 Å². The summed E-state index contributed by atoms with van der Waals surface area (Å²) in [5.74, 6) is 0. The third kappa shape index (κ3) is 2.10. The molecule has 0 bridgehead atoms. The standard InChI is InChI=1S/C17H19N3/c1-3-13-11-16(20(2)19-13)17(18)15-10-6-8-12-7-4-5-9-14(12)15/h4-11,17H,3,18H2,1-2H3. The number of rotatable bonds is 3. The summed E-state index contributed by atoms with van der Waals surface area (Å²) in [6.45, 7) is 2.11. The molecule has 0 fully saturated rings. The van der Waals surface area contributed by atoms with Gasteiger partial charge in [0, 0.05) is 7.05 Å². The molecule has 2 N–H and O–H groups in total. The number of aromatic nitrogens is 2. The lowest BCUT2D eigenvalue weighted by Crippen LogP contribution is -2.16. The molecule has 0 aliphatic heterocycles. The van der Waals surface area contributed by atoms with Crippen molar-refractivity contribution in [3.63, 3.8) is 0 Å². The predicted octanol–water partition coefficient (Wildman–Crippen LogP) is 3.18. The molecule has 1 unspecified atom stereocenters. The van der Waals surface area contributed by atoms with Crippen molar-refractivity contribution in [2.45, 2.75) is 19.4 Å². The lowest BCUT2D eigenvalue weighted by molar-refractivity contribution is 0.668. The summed E-state index contributed by atoms with van der Waals surface area (Å²) in [4.78, 5) is 0. The Labute approximate surface area is 119 Å². The van der Waals surface area contributed by atoms with Crippen molar-refractivity contribution in [2.75, 3.05) is 0 Å². The molecule has 3 rings (SSSR count). The van der Waals surface area contributed by atoms with Crippen LogP contribution < -0.4 is 5.73 Å². The third-order valence-electron chi connectivity index (χ3n) is 3.81. The monoisotopic (exact) mass is 265 g/mol. The van der Waals surface area contributed by atoms with Crippen molar-refractivity contribution in [3.8, 4) is 0 Å². The van der Waals surface area contributed by atoms with E-state index in [1.54, 1.807) is 0 Å². The molecule has 1 heterocycles. The van der Waals surface area contributed by atoms with Gasteiger partial charge in [-0.15, -0.1) is 0 Å². The molecule has 0 saturated heterocycles. The van der Waals surface area contributed by atoms with E-state index >= 15 is 0 Å². The van der Waals surface area contributed by atoms with E-state index < -0.39 is 0 Å². The minimum Gasteiger partial charge on any atom is -0.319 e. The predicted molar refractivity (Wildman–Crippen MR) is 82.6 cm³/mol. The molecule has 0 radical (unpaired) electrons. The van der Waals surface area contributed by atoms with Crippen LogP contribution >= 0.6 is 0 Å². The zero-order valence-electron chi connectivity index (χ0n) is 11.9. The molecular weight excluding hydrogens is 246 g/mol. The summed E-state index contributed by atoms with van der Waals surface area (Å²) in [5, 5.41) is 6.92. The average molecular weight is 265 g/mol.